The number of hydrogen-bond acceptors (Lipinski definition) is 3. The van der Waals surface area contributed by atoms with E-state index >= 15 is 0 Å². The average Bonchev–Trinajstić information content (AvgIpc) is 2.85. The predicted octanol–water partition coefficient (Wildman–Crippen LogP) is 1.70. The molecule has 1 aromatic rings. The molecule has 2 aliphatic rings. The SMILES string of the molecule is CC1(O)CCN(C(=O)c2ccc3c(c2)COC3)CC1. The quantitative estimate of drug-likeness (QED) is 0.837. The summed E-state index contributed by atoms with van der Waals surface area (Å²) >= 11 is 0. The van der Waals surface area contributed by atoms with Gasteiger partial charge in [0.2, 0.25) is 0 Å². The molecular formula is C15H19NO3. The van der Waals surface area contributed by atoms with Crippen LogP contribution in [-0.2, 0) is 18.0 Å². The number of carbonyl (C=O) groups excluding carboxylic acids is 1. The van der Waals surface area contributed by atoms with Crippen LogP contribution in [0.1, 0.15) is 41.3 Å². The van der Waals surface area contributed by atoms with Crippen LogP contribution in [0.4, 0.5) is 0 Å². The first-order valence-electron chi connectivity index (χ1n) is 6.76. The number of aliphatic hydroxyl groups is 1. The molecule has 0 saturated carbocycles. The highest BCUT2D eigenvalue weighted by Crippen LogP contribution is 2.25. The summed E-state index contributed by atoms with van der Waals surface area (Å²) in [7, 11) is 0. The van der Waals surface area contributed by atoms with E-state index in [1.165, 1.54) is 5.56 Å². The normalized spacial score (nSPS) is 21.3. The fraction of sp³-hybridized carbons (Fsp3) is 0.533. The third kappa shape index (κ3) is 2.51. The first-order chi connectivity index (χ1) is 9.05. The first-order valence-corrected chi connectivity index (χ1v) is 6.76. The average molecular weight is 261 g/mol. The van der Waals surface area contributed by atoms with E-state index < -0.39 is 5.60 Å². The van der Waals surface area contributed by atoms with Gasteiger partial charge in [0.15, 0.2) is 0 Å². The summed E-state index contributed by atoms with van der Waals surface area (Å²) in [5.41, 5.74) is 2.40. The highest BCUT2D eigenvalue weighted by atomic mass is 16.5. The summed E-state index contributed by atoms with van der Waals surface area (Å²) in [6.07, 6.45) is 1.29. The third-order valence-electron chi connectivity index (χ3n) is 4.10. The minimum atomic E-state index is -0.622. The van der Waals surface area contributed by atoms with Crippen LogP contribution < -0.4 is 0 Å². The van der Waals surface area contributed by atoms with Gasteiger partial charge >= 0.3 is 0 Å². The Labute approximate surface area is 113 Å². The Morgan fingerprint density at radius 1 is 1.26 bits per heavy atom. The number of likely N-dealkylation sites (tertiary alicyclic amines) is 1. The van der Waals surface area contributed by atoms with Gasteiger partial charge in [0, 0.05) is 18.7 Å². The van der Waals surface area contributed by atoms with Gasteiger partial charge in [-0.15, -0.1) is 0 Å². The van der Waals surface area contributed by atoms with Gasteiger partial charge in [0.25, 0.3) is 5.91 Å². The van der Waals surface area contributed by atoms with Crippen LogP contribution in [0, 0.1) is 0 Å². The van der Waals surface area contributed by atoms with Crippen molar-refractivity contribution in [2.24, 2.45) is 0 Å². The van der Waals surface area contributed by atoms with Crippen molar-refractivity contribution in [2.75, 3.05) is 13.1 Å². The van der Waals surface area contributed by atoms with Gasteiger partial charge in [-0.05, 0) is 43.0 Å². The molecule has 1 aromatic carbocycles. The lowest BCUT2D eigenvalue weighted by Crippen LogP contribution is -2.45. The van der Waals surface area contributed by atoms with Crippen LogP contribution in [0.2, 0.25) is 0 Å². The second-order valence-corrected chi connectivity index (χ2v) is 5.77. The second kappa shape index (κ2) is 4.62. The van der Waals surface area contributed by atoms with Gasteiger partial charge in [-0.2, -0.15) is 0 Å². The number of fused-ring (bicyclic) bond motifs is 1. The second-order valence-electron chi connectivity index (χ2n) is 5.77. The molecule has 4 heteroatoms. The maximum Gasteiger partial charge on any atom is 0.253 e. The Kier molecular flexibility index (Phi) is 3.07. The molecule has 0 aliphatic carbocycles. The third-order valence-corrected chi connectivity index (χ3v) is 4.10. The molecule has 3 rings (SSSR count). The molecule has 1 fully saturated rings. The molecule has 4 nitrogen and oxygen atoms in total. The van der Waals surface area contributed by atoms with Gasteiger partial charge in [0.1, 0.15) is 0 Å². The molecule has 0 bridgehead atoms. The molecule has 0 aromatic heterocycles. The molecule has 0 unspecified atom stereocenters. The Bertz CT molecular complexity index is 500. The van der Waals surface area contributed by atoms with E-state index in [0.717, 1.165) is 11.1 Å². The molecular weight excluding hydrogens is 242 g/mol. The Hall–Kier alpha value is -1.39. The predicted molar refractivity (Wildman–Crippen MR) is 70.7 cm³/mol. The summed E-state index contributed by atoms with van der Waals surface area (Å²) in [4.78, 5) is 14.2. The van der Waals surface area contributed by atoms with E-state index in [1.807, 2.05) is 30.0 Å². The van der Waals surface area contributed by atoms with E-state index in [-0.39, 0.29) is 5.91 Å². The number of amides is 1. The number of piperidine rings is 1. The molecule has 102 valence electrons. The molecule has 19 heavy (non-hydrogen) atoms. The molecule has 0 atom stereocenters. The summed E-state index contributed by atoms with van der Waals surface area (Å²) in [6.45, 7) is 4.34. The fourth-order valence-electron chi connectivity index (χ4n) is 2.68. The number of nitrogens with zero attached hydrogens (tertiary/aromatic N) is 1. The van der Waals surface area contributed by atoms with Crippen molar-refractivity contribution in [2.45, 2.75) is 38.6 Å². The van der Waals surface area contributed by atoms with Crippen molar-refractivity contribution in [3.8, 4) is 0 Å². The van der Waals surface area contributed by atoms with Gasteiger partial charge in [-0.1, -0.05) is 6.07 Å². The topological polar surface area (TPSA) is 49.8 Å². The van der Waals surface area contributed by atoms with Crippen molar-refractivity contribution in [3.05, 3.63) is 34.9 Å². The zero-order valence-electron chi connectivity index (χ0n) is 11.2. The number of ether oxygens (including phenoxy) is 1. The summed E-state index contributed by atoms with van der Waals surface area (Å²) in [5, 5.41) is 9.92. The molecule has 1 amide bonds. The molecule has 0 radical (unpaired) electrons. The van der Waals surface area contributed by atoms with Gasteiger partial charge < -0.3 is 14.7 Å². The highest BCUT2D eigenvalue weighted by molar-refractivity contribution is 5.94. The largest absolute Gasteiger partial charge is 0.390 e. The summed E-state index contributed by atoms with van der Waals surface area (Å²) in [6, 6.07) is 5.80. The van der Waals surface area contributed by atoms with Gasteiger partial charge in [-0.3, -0.25) is 4.79 Å². The number of carbonyl (C=O) groups is 1. The number of hydrogen-bond donors (Lipinski definition) is 1. The summed E-state index contributed by atoms with van der Waals surface area (Å²) < 4.78 is 5.36. The van der Waals surface area contributed by atoms with E-state index in [9.17, 15) is 9.90 Å². The zero-order chi connectivity index (χ0) is 13.5. The number of rotatable bonds is 1. The van der Waals surface area contributed by atoms with Crippen LogP contribution in [0.25, 0.3) is 0 Å². The van der Waals surface area contributed by atoms with Crippen LogP contribution >= 0.6 is 0 Å². The molecule has 1 saturated heterocycles. The van der Waals surface area contributed by atoms with E-state index in [4.69, 9.17) is 4.74 Å². The standard InChI is InChI=1S/C15H19NO3/c1-15(18)4-6-16(7-5-15)14(17)11-2-3-12-9-19-10-13(12)8-11/h2-3,8,18H,4-7,9-10H2,1H3. The molecule has 2 aliphatic heterocycles. The highest BCUT2D eigenvalue weighted by Gasteiger charge is 2.30. The minimum absolute atomic E-state index is 0.0604. The Morgan fingerprint density at radius 3 is 2.68 bits per heavy atom. The van der Waals surface area contributed by atoms with Crippen LogP contribution in [-0.4, -0.2) is 34.6 Å². The van der Waals surface area contributed by atoms with Crippen molar-refractivity contribution in [1.82, 2.24) is 4.90 Å². The van der Waals surface area contributed by atoms with Gasteiger partial charge in [-0.25, -0.2) is 0 Å². The van der Waals surface area contributed by atoms with Gasteiger partial charge in [0.05, 0.1) is 18.8 Å². The monoisotopic (exact) mass is 261 g/mol. The van der Waals surface area contributed by atoms with E-state index in [1.54, 1.807) is 0 Å². The van der Waals surface area contributed by atoms with E-state index in [0.29, 0.717) is 39.1 Å². The minimum Gasteiger partial charge on any atom is -0.390 e. The van der Waals surface area contributed by atoms with Crippen molar-refractivity contribution in [1.29, 1.82) is 0 Å². The maximum absolute atomic E-state index is 12.4. The lowest BCUT2D eigenvalue weighted by atomic mass is 9.93. The van der Waals surface area contributed by atoms with Crippen molar-refractivity contribution < 1.29 is 14.6 Å². The summed E-state index contributed by atoms with van der Waals surface area (Å²) in [5.74, 6) is 0.0604. The Morgan fingerprint density at radius 2 is 1.95 bits per heavy atom. The molecule has 0 spiro atoms. The van der Waals surface area contributed by atoms with Crippen LogP contribution in [0.15, 0.2) is 18.2 Å². The van der Waals surface area contributed by atoms with Crippen LogP contribution in [0.5, 0.6) is 0 Å². The lowest BCUT2D eigenvalue weighted by Gasteiger charge is -2.35. The Balaban J connectivity index is 1.74. The van der Waals surface area contributed by atoms with Crippen LogP contribution in [0.3, 0.4) is 0 Å². The molecule has 2 heterocycles. The fourth-order valence-corrected chi connectivity index (χ4v) is 2.68. The first kappa shape index (κ1) is 12.6. The smallest absolute Gasteiger partial charge is 0.253 e. The maximum atomic E-state index is 12.4. The lowest BCUT2D eigenvalue weighted by molar-refractivity contribution is -0.00202. The van der Waals surface area contributed by atoms with Crippen molar-refractivity contribution >= 4 is 5.91 Å². The van der Waals surface area contributed by atoms with E-state index in [2.05, 4.69) is 0 Å². The number of benzene rings is 1. The molecule has 1 N–H and O–H groups in total. The van der Waals surface area contributed by atoms with Crippen molar-refractivity contribution in [3.63, 3.8) is 0 Å². The zero-order valence-corrected chi connectivity index (χ0v) is 11.2.